The van der Waals surface area contributed by atoms with E-state index in [9.17, 15) is 4.39 Å². The maximum Gasteiger partial charge on any atom is 0.148 e. The van der Waals surface area contributed by atoms with Crippen LogP contribution in [0.2, 0.25) is 5.02 Å². The molecule has 0 N–H and O–H groups in total. The van der Waals surface area contributed by atoms with Crippen LogP contribution in [0, 0.1) is 11.9 Å². The van der Waals surface area contributed by atoms with E-state index >= 15 is 0 Å². The molecule has 0 aliphatic rings. The van der Waals surface area contributed by atoms with Crippen molar-refractivity contribution in [3.63, 3.8) is 0 Å². The molecule has 0 heterocycles. The molecule has 0 amide bonds. The van der Waals surface area contributed by atoms with Gasteiger partial charge in [-0.05, 0) is 24.3 Å². The normalized spacial score (nSPS) is 10.1. The van der Waals surface area contributed by atoms with Crippen molar-refractivity contribution in [2.45, 2.75) is 6.61 Å². The summed E-state index contributed by atoms with van der Waals surface area (Å²) >= 11 is 5.66. The van der Waals surface area contributed by atoms with Gasteiger partial charge in [-0.25, -0.2) is 4.39 Å². The summed E-state index contributed by atoms with van der Waals surface area (Å²) in [6, 6.07) is 14.7. The van der Waals surface area contributed by atoms with Gasteiger partial charge < -0.3 is 4.74 Å². The molecule has 0 fully saturated rings. The smallest absolute Gasteiger partial charge is 0.148 e. The Bertz CT molecular complexity index is 471. The van der Waals surface area contributed by atoms with E-state index in [0.29, 0.717) is 11.3 Å². The molecule has 0 aliphatic carbocycles. The molecule has 1 radical (unpaired) electrons. The first-order valence-corrected chi connectivity index (χ1v) is 5.17. The van der Waals surface area contributed by atoms with Crippen molar-refractivity contribution in [1.29, 1.82) is 0 Å². The lowest BCUT2D eigenvalue weighted by atomic mass is 10.2. The van der Waals surface area contributed by atoms with Crippen LogP contribution in [0.15, 0.2) is 42.5 Å². The van der Waals surface area contributed by atoms with Crippen LogP contribution in [0.3, 0.4) is 0 Å². The van der Waals surface area contributed by atoms with E-state index in [1.165, 1.54) is 6.07 Å². The Hall–Kier alpha value is -1.54. The van der Waals surface area contributed by atoms with Crippen LogP contribution in [0.25, 0.3) is 0 Å². The van der Waals surface area contributed by atoms with Gasteiger partial charge in [-0.3, -0.25) is 0 Å². The van der Waals surface area contributed by atoms with Crippen LogP contribution in [-0.4, -0.2) is 0 Å². The second kappa shape index (κ2) is 4.99. The first-order chi connectivity index (χ1) is 7.77. The van der Waals surface area contributed by atoms with E-state index in [2.05, 4.69) is 6.07 Å². The average Bonchev–Trinajstić information content (AvgIpc) is 2.32. The van der Waals surface area contributed by atoms with Gasteiger partial charge in [0.2, 0.25) is 0 Å². The van der Waals surface area contributed by atoms with Gasteiger partial charge in [-0.2, -0.15) is 0 Å². The molecule has 2 rings (SSSR count). The first kappa shape index (κ1) is 11.0. The topological polar surface area (TPSA) is 9.23 Å². The van der Waals surface area contributed by atoms with Gasteiger partial charge >= 0.3 is 0 Å². The molecular formula is C13H9ClFO. The second-order valence-corrected chi connectivity index (χ2v) is 3.64. The Labute approximate surface area is 98.4 Å². The molecule has 0 aliphatic heterocycles. The predicted octanol–water partition coefficient (Wildman–Crippen LogP) is 3.86. The highest BCUT2D eigenvalue weighted by Gasteiger charge is 2.06. The minimum absolute atomic E-state index is 0.113. The fraction of sp³-hybridized carbons (Fsp3) is 0.0769. The maximum atomic E-state index is 13.5. The minimum Gasteiger partial charge on any atom is -0.489 e. The average molecular weight is 236 g/mol. The molecule has 0 atom stereocenters. The van der Waals surface area contributed by atoms with Crippen molar-refractivity contribution in [2.24, 2.45) is 0 Å². The molecule has 0 saturated heterocycles. The molecule has 0 unspecified atom stereocenters. The fourth-order valence-electron chi connectivity index (χ4n) is 1.29. The van der Waals surface area contributed by atoms with Crippen LogP contribution < -0.4 is 4.74 Å². The predicted molar refractivity (Wildman–Crippen MR) is 61.0 cm³/mol. The van der Waals surface area contributed by atoms with Crippen molar-refractivity contribution in [3.05, 3.63) is 64.9 Å². The van der Waals surface area contributed by atoms with E-state index < -0.39 is 5.82 Å². The molecule has 0 spiro atoms. The lowest BCUT2D eigenvalue weighted by molar-refractivity contribution is 0.300. The van der Waals surface area contributed by atoms with Crippen molar-refractivity contribution >= 4 is 11.6 Å². The third kappa shape index (κ3) is 2.52. The zero-order valence-corrected chi connectivity index (χ0v) is 9.17. The Morgan fingerprint density at radius 1 is 1.19 bits per heavy atom. The molecular weight excluding hydrogens is 227 g/mol. The Morgan fingerprint density at radius 2 is 1.94 bits per heavy atom. The Balaban J connectivity index is 2.08. The largest absolute Gasteiger partial charge is 0.489 e. The van der Waals surface area contributed by atoms with E-state index in [0.717, 1.165) is 0 Å². The molecule has 0 aromatic heterocycles. The highest BCUT2D eigenvalue weighted by Crippen LogP contribution is 2.19. The van der Waals surface area contributed by atoms with Crippen molar-refractivity contribution in [2.75, 3.05) is 0 Å². The first-order valence-electron chi connectivity index (χ1n) is 4.79. The van der Waals surface area contributed by atoms with Crippen molar-refractivity contribution < 1.29 is 9.13 Å². The third-order valence-electron chi connectivity index (χ3n) is 2.11. The lowest BCUT2D eigenvalue weighted by Gasteiger charge is -2.07. The summed E-state index contributed by atoms with van der Waals surface area (Å²) in [5.41, 5.74) is 0.445. The van der Waals surface area contributed by atoms with E-state index in [-0.39, 0.29) is 11.6 Å². The molecule has 81 valence electrons. The highest BCUT2D eigenvalue weighted by molar-refractivity contribution is 6.30. The summed E-state index contributed by atoms with van der Waals surface area (Å²) in [6.45, 7) is 0.163. The number of hydrogen-bond donors (Lipinski definition) is 0. The number of halogens is 2. The van der Waals surface area contributed by atoms with Gasteiger partial charge in [-0.15, -0.1) is 0 Å². The second-order valence-electron chi connectivity index (χ2n) is 3.24. The standard InChI is InChI=1S/C13H9ClFO/c14-12-8-4-5-10(13(12)15)9-16-11-6-2-1-3-7-11/h2-8H,9H2. The highest BCUT2D eigenvalue weighted by atomic mass is 35.5. The molecule has 3 heteroatoms. The van der Waals surface area contributed by atoms with Crippen molar-refractivity contribution in [3.8, 4) is 5.75 Å². The zero-order chi connectivity index (χ0) is 11.4. The molecule has 1 nitrogen and oxygen atoms in total. The van der Waals surface area contributed by atoms with E-state index in [1.807, 2.05) is 0 Å². The summed E-state index contributed by atoms with van der Waals surface area (Å²) in [5, 5.41) is 0.113. The fourth-order valence-corrected chi connectivity index (χ4v) is 1.48. The summed E-state index contributed by atoms with van der Waals surface area (Å²) in [4.78, 5) is 0. The number of hydrogen-bond acceptors (Lipinski definition) is 1. The summed E-state index contributed by atoms with van der Waals surface area (Å²) in [7, 11) is 0. The minimum atomic E-state index is -0.424. The Morgan fingerprint density at radius 3 is 2.69 bits per heavy atom. The van der Waals surface area contributed by atoms with E-state index in [1.54, 1.807) is 36.4 Å². The number of ether oxygens (including phenoxy) is 1. The number of benzene rings is 2. The van der Waals surface area contributed by atoms with Crippen LogP contribution in [0.1, 0.15) is 5.56 Å². The summed E-state index contributed by atoms with van der Waals surface area (Å²) in [6.07, 6.45) is 0. The monoisotopic (exact) mass is 235 g/mol. The van der Waals surface area contributed by atoms with Gasteiger partial charge in [0.1, 0.15) is 18.2 Å². The van der Waals surface area contributed by atoms with Crippen LogP contribution in [0.5, 0.6) is 5.75 Å². The zero-order valence-electron chi connectivity index (χ0n) is 8.41. The SMILES string of the molecule is Fc1c(Cl)cccc1COc1cc[c]cc1. The quantitative estimate of drug-likeness (QED) is 0.785. The van der Waals surface area contributed by atoms with Crippen molar-refractivity contribution in [1.82, 2.24) is 0 Å². The van der Waals surface area contributed by atoms with Gasteiger partial charge in [0, 0.05) is 5.56 Å². The van der Waals surface area contributed by atoms with Gasteiger partial charge in [-0.1, -0.05) is 35.9 Å². The molecule has 2 aromatic rings. The van der Waals surface area contributed by atoms with Gasteiger partial charge in [0.05, 0.1) is 5.02 Å². The van der Waals surface area contributed by atoms with Crippen LogP contribution in [-0.2, 0) is 6.61 Å². The number of rotatable bonds is 3. The van der Waals surface area contributed by atoms with Gasteiger partial charge in [0.25, 0.3) is 0 Å². The molecule has 16 heavy (non-hydrogen) atoms. The third-order valence-corrected chi connectivity index (χ3v) is 2.41. The van der Waals surface area contributed by atoms with E-state index in [4.69, 9.17) is 16.3 Å². The Kier molecular flexibility index (Phi) is 3.42. The molecule has 0 bridgehead atoms. The van der Waals surface area contributed by atoms with Crippen LogP contribution in [0.4, 0.5) is 4.39 Å². The summed E-state index contributed by atoms with van der Waals surface area (Å²) < 4.78 is 18.9. The summed E-state index contributed by atoms with van der Waals surface area (Å²) in [5.74, 6) is 0.254. The molecule has 0 saturated carbocycles. The lowest BCUT2D eigenvalue weighted by Crippen LogP contribution is -1.98. The van der Waals surface area contributed by atoms with Gasteiger partial charge in [0.15, 0.2) is 0 Å². The van der Waals surface area contributed by atoms with Crippen LogP contribution >= 0.6 is 11.6 Å². The maximum absolute atomic E-state index is 13.5. The molecule has 2 aromatic carbocycles.